The first kappa shape index (κ1) is 20.8. The van der Waals surface area contributed by atoms with Gasteiger partial charge in [0.05, 0.1) is 24.0 Å². The molecule has 0 radical (unpaired) electrons. The van der Waals surface area contributed by atoms with Crippen LogP contribution in [0.5, 0.6) is 0 Å². The second kappa shape index (κ2) is 9.05. The minimum Gasteiger partial charge on any atom is -0.338 e. The second-order valence-corrected chi connectivity index (χ2v) is 7.66. The predicted molar refractivity (Wildman–Crippen MR) is 117 cm³/mol. The van der Waals surface area contributed by atoms with Gasteiger partial charge in [-0.1, -0.05) is 48.5 Å². The molecule has 0 saturated carbocycles. The van der Waals surface area contributed by atoms with E-state index in [-0.39, 0.29) is 11.9 Å². The van der Waals surface area contributed by atoms with E-state index in [0.29, 0.717) is 13.1 Å². The molecule has 29 heavy (non-hydrogen) atoms. The van der Waals surface area contributed by atoms with Crippen LogP contribution in [-0.2, 0) is 11.3 Å². The standard InChI is InChI=1S/C24H30N4O/c1-18-23(20(3)28(25-18)22-14-10-7-11-15-22)16-26(4)17-24(29)27(5)19(2)21-12-8-6-9-13-21/h6-15,19H,16-17H2,1-5H3. The first-order valence-corrected chi connectivity index (χ1v) is 9.98. The Morgan fingerprint density at radius 1 is 1.00 bits per heavy atom. The molecule has 0 aliphatic rings. The number of hydrogen-bond acceptors (Lipinski definition) is 3. The quantitative estimate of drug-likeness (QED) is 0.609. The molecule has 152 valence electrons. The van der Waals surface area contributed by atoms with Gasteiger partial charge >= 0.3 is 0 Å². The topological polar surface area (TPSA) is 41.4 Å². The molecular formula is C24H30N4O. The lowest BCUT2D eigenvalue weighted by atomic mass is 10.1. The highest BCUT2D eigenvalue weighted by molar-refractivity contribution is 5.78. The summed E-state index contributed by atoms with van der Waals surface area (Å²) in [5, 5.41) is 4.71. The molecule has 1 amide bonds. The predicted octanol–water partition coefficient (Wildman–Crippen LogP) is 4.14. The monoisotopic (exact) mass is 390 g/mol. The first-order chi connectivity index (χ1) is 13.9. The van der Waals surface area contributed by atoms with Crippen molar-refractivity contribution in [1.82, 2.24) is 19.6 Å². The molecule has 1 heterocycles. The van der Waals surface area contributed by atoms with Gasteiger partial charge < -0.3 is 4.90 Å². The molecule has 0 saturated heterocycles. The van der Waals surface area contributed by atoms with E-state index in [1.165, 1.54) is 5.56 Å². The van der Waals surface area contributed by atoms with Crippen molar-refractivity contribution in [1.29, 1.82) is 0 Å². The largest absolute Gasteiger partial charge is 0.338 e. The number of carbonyl (C=O) groups is 1. The van der Waals surface area contributed by atoms with E-state index in [1.54, 1.807) is 0 Å². The Bertz CT molecular complexity index is 950. The van der Waals surface area contributed by atoms with Crippen LogP contribution in [0.2, 0.25) is 0 Å². The van der Waals surface area contributed by atoms with Gasteiger partial charge in [-0.25, -0.2) is 4.68 Å². The minimum absolute atomic E-state index is 0.0430. The number of nitrogens with zero attached hydrogens (tertiary/aromatic N) is 4. The summed E-state index contributed by atoms with van der Waals surface area (Å²) in [7, 11) is 3.86. The Labute approximate surface area is 173 Å². The van der Waals surface area contributed by atoms with Gasteiger partial charge in [0.1, 0.15) is 0 Å². The zero-order chi connectivity index (χ0) is 21.0. The third-order valence-corrected chi connectivity index (χ3v) is 5.53. The second-order valence-electron chi connectivity index (χ2n) is 7.66. The lowest BCUT2D eigenvalue weighted by Crippen LogP contribution is -2.37. The van der Waals surface area contributed by atoms with Crippen molar-refractivity contribution in [3.05, 3.63) is 83.2 Å². The Balaban J connectivity index is 1.67. The average molecular weight is 391 g/mol. The summed E-state index contributed by atoms with van der Waals surface area (Å²) in [5.74, 6) is 0.106. The molecule has 0 fully saturated rings. The number of carbonyl (C=O) groups excluding carboxylic acids is 1. The van der Waals surface area contributed by atoms with Crippen LogP contribution in [0.3, 0.4) is 0 Å². The van der Waals surface area contributed by atoms with Gasteiger partial charge in [-0.15, -0.1) is 0 Å². The van der Waals surface area contributed by atoms with Crippen LogP contribution < -0.4 is 0 Å². The SMILES string of the molecule is Cc1nn(-c2ccccc2)c(C)c1CN(C)CC(=O)N(C)C(C)c1ccccc1. The Morgan fingerprint density at radius 3 is 2.21 bits per heavy atom. The van der Waals surface area contributed by atoms with Crippen LogP contribution in [0.25, 0.3) is 5.69 Å². The maximum atomic E-state index is 12.8. The van der Waals surface area contributed by atoms with E-state index >= 15 is 0 Å². The summed E-state index contributed by atoms with van der Waals surface area (Å²) >= 11 is 0. The number of amides is 1. The highest BCUT2D eigenvalue weighted by Gasteiger charge is 2.20. The van der Waals surface area contributed by atoms with Crippen molar-refractivity contribution in [3.8, 4) is 5.69 Å². The first-order valence-electron chi connectivity index (χ1n) is 9.98. The Morgan fingerprint density at radius 2 is 1.59 bits per heavy atom. The summed E-state index contributed by atoms with van der Waals surface area (Å²) in [6.07, 6.45) is 0. The zero-order valence-electron chi connectivity index (χ0n) is 18.0. The maximum Gasteiger partial charge on any atom is 0.236 e. The lowest BCUT2D eigenvalue weighted by Gasteiger charge is -2.27. The summed E-state index contributed by atoms with van der Waals surface area (Å²) in [5.41, 5.74) is 5.47. The van der Waals surface area contributed by atoms with Gasteiger partial charge in [0.2, 0.25) is 5.91 Å². The summed E-state index contributed by atoms with van der Waals surface area (Å²) < 4.78 is 1.98. The molecule has 5 nitrogen and oxygen atoms in total. The van der Waals surface area contributed by atoms with Crippen LogP contribution in [-0.4, -0.2) is 46.1 Å². The van der Waals surface area contributed by atoms with Gasteiger partial charge in [0.15, 0.2) is 0 Å². The van der Waals surface area contributed by atoms with E-state index < -0.39 is 0 Å². The van der Waals surface area contributed by atoms with Gasteiger partial charge in [-0.3, -0.25) is 9.69 Å². The van der Waals surface area contributed by atoms with E-state index in [1.807, 2.05) is 67.0 Å². The van der Waals surface area contributed by atoms with E-state index in [4.69, 9.17) is 5.10 Å². The number of aryl methyl sites for hydroxylation is 1. The van der Waals surface area contributed by atoms with Crippen LogP contribution in [0.15, 0.2) is 60.7 Å². The lowest BCUT2D eigenvalue weighted by molar-refractivity contribution is -0.132. The Kier molecular flexibility index (Phi) is 6.49. The molecule has 2 aromatic carbocycles. The fourth-order valence-electron chi connectivity index (χ4n) is 3.56. The van der Waals surface area contributed by atoms with E-state index in [9.17, 15) is 4.79 Å². The number of rotatable bonds is 7. The fraction of sp³-hybridized carbons (Fsp3) is 0.333. The van der Waals surface area contributed by atoms with Crippen LogP contribution in [0.4, 0.5) is 0 Å². The van der Waals surface area contributed by atoms with Gasteiger partial charge in [-0.05, 0) is 45.5 Å². The number of para-hydroxylation sites is 1. The van der Waals surface area contributed by atoms with Crippen molar-refractivity contribution in [2.45, 2.75) is 33.4 Å². The molecule has 0 N–H and O–H groups in total. The maximum absolute atomic E-state index is 12.8. The van der Waals surface area contributed by atoms with E-state index in [0.717, 1.165) is 22.6 Å². The van der Waals surface area contributed by atoms with Gasteiger partial charge in [0, 0.05) is 24.8 Å². The number of benzene rings is 2. The Hall–Kier alpha value is -2.92. The van der Waals surface area contributed by atoms with Gasteiger partial charge in [-0.2, -0.15) is 5.10 Å². The highest BCUT2D eigenvalue weighted by Crippen LogP contribution is 2.21. The third-order valence-electron chi connectivity index (χ3n) is 5.53. The molecule has 0 aliphatic heterocycles. The third kappa shape index (κ3) is 4.74. The average Bonchev–Trinajstić information content (AvgIpc) is 3.02. The van der Waals surface area contributed by atoms with Crippen LogP contribution >= 0.6 is 0 Å². The van der Waals surface area contributed by atoms with Crippen molar-refractivity contribution in [2.75, 3.05) is 20.6 Å². The number of aromatic nitrogens is 2. The van der Waals surface area contributed by atoms with Crippen molar-refractivity contribution < 1.29 is 4.79 Å². The van der Waals surface area contributed by atoms with Crippen LogP contribution in [0, 0.1) is 13.8 Å². The molecule has 1 aromatic heterocycles. The number of likely N-dealkylation sites (N-methyl/N-ethyl adjacent to an activating group) is 2. The molecule has 0 spiro atoms. The molecular weight excluding hydrogens is 360 g/mol. The summed E-state index contributed by atoms with van der Waals surface area (Å²) in [4.78, 5) is 16.7. The summed E-state index contributed by atoms with van der Waals surface area (Å²) in [6, 6.07) is 20.3. The zero-order valence-corrected chi connectivity index (χ0v) is 18.0. The molecule has 3 aromatic rings. The highest BCUT2D eigenvalue weighted by atomic mass is 16.2. The minimum atomic E-state index is 0.0430. The van der Waals surface area contributed by atoms with Crippen molar-refractivity contribution in [2.24, 2.45) is 0 Å². The molecule has 1 unspecified atom stereocenters. The van der Waals surface area contributed by atoms with Crippen molar-refractivity contribution in [3.63, 3.8) is 0 Å². The molecule has 0 bridgehead atoms. The van der Waals surface area contributed by atoms with Crippen molar-refractivity contribution >= 4 is 5.91 Å². The van der Waals surface area contributed by atoms with Crippen LogP contribution in [0.1, 0.15) is 35.5 Å². The molecule has 3 rings (SSSR count). The molecule has 5 heteroatoms. The van der Waals surface area contributed by atoms with Gasteiger partial charge in [0.25, 0.3) is 0 Å². The molecule has 1 atom stereocenters. The smallest absolute Gasteiger partial charge is 0.236 e. The van der Waals surface area contributed by atoms with E-state index in [2.05, 4.69) is 43.0 Å². The summed E-state index contributed by atoms with van der Waals surface area (Å²) in [6.45, 7) is 7.22. The fourth-order valence-corrected chi connectivity index (χ4v) is 3.56. The normalized spacial score (nSPS) is 12.2. The number of hydrogen-bond donors (Lipinski definition) is 0. The molecule has 0 aliphatic carbocycles.